The molecule has 6 heteroatoms. The first-order chi connectivity index (χ1) is 9.11. The van der Waals surface area contributed by atoms with Crippen molar-refractivity contribution in [1.29, 1.82) is 0 Å². The summed E-state index contributed by atoms with van der Waals surface area (Å²) in [4.78, 5) is 11.2. The van der Waals surface area contributed by atoms with Gasteiger partial charge < -0.3 is 10.7 Å². The van der Waals surface area contributed by atoms with Gasteiger partial charge in [0.15, 0.2) is 0 Å². The Morgan fingerprint density at radius 1 is 1.21 bits per heavy atom. The fourth-order valence-electron chi connectivity index (χ4n) is 2.50. The van der Waals surface area contributed by atoms with Gasteiger partial charge in [-0.25, -0.2) is 15.8 Å². The highest BCUT2D eigenvalue weighted by atomic mass is 15.3. The molecule has 1 unspecified atom stereocenters. The monoisotopic (exact) mass is 264 g/mol. The van der Waals surface area contributed by atoms with Crippen molar-refractivity contribution in [1.82, 2.24) is 14.9 Å². The predicted octanol–water partition coefficient (Wildman–Crippen LogP) is 1.28. The number of aryl methyl sites for hydroxylation is 1. The lowest BCUT2D eigenvalue weighted by Gasteiger charge is -2.24. The molecule has 4 N–H and O–H groups in total. The van der Waals surface area contributed by atoms with E-state index in [2.05, 4.69) is 32.5 Å². The smallest absolute Gasteiger partial charge is 0.148 e. The molecule has 1 saturated heterocycles. The number of anilines is 2. The molecule has 2 heterocycles. The molecule has 1 aliphatic heterocycles. The quantitative estimate of drug-likeness (QED) is 0.549. The van der Waals surface area contributed by atoms with E-state index in [1.165, 1.54) is 25.9 Å². The number of nitrogens with two attached hydrogens (primary N) is 1. The molecule has 0 saturated carbocycles. The van der Waals surface area contributed by atoms with Crippen LogP contribution in [0.25, 0.3) is 0 Å². The SMILES string of the molecule is Cc1nc(NN)c(C)c(NCC(C)N2CCCC2)n1. The minimum Gasteiger partial charge on any atom is -0.368 e. The molecule has 0 aromatic carbocycles. The van der Waals surface area contributed by atoms with Crippen molar-refractivity contribution in [2.75, 3.05) is 30.4 Å². The van der Waals surface area contributed by atoms with Gasteiger partial charge in [0.2, 0.25) is 0 Å². The van der Waals surface area contributed by atoms with E-state index in [4.69, 9.17) is 5.84 Å². The number of nitrogens with one attached hydrogen (secondary N) is 2. The molecule has 19 heavy (non-hydrogen) atoms. The van der Waals surface area contributed by atoms with Crippen LogP contribution in [0.2, 0.25) is 0 Å². The summed E-state index contributed by atoms with van der Waals surface area (Å²) in [5, 5.41) is 3.42. The maximum atomic E-state index is 5.47. The summed E-state index contributed by atoms with van der Waals surface area (Å²) in [7, 11) is 0. The minimum atomic E-state index is 0.520. The molecule has 0 amide bonds. The molecular formula is C13H24N6. The van der Waals surface area contributed by atoms with Crippen LogP contribution in [0.15, 0.2) is 0 Å². The van der Waals surface area contributed by atoms with Gasteiger partial charge in [0.25, 0.3) is 0 Å². The zero-order valence-electron chi connectivity index (χ0n) is 12.0. The molecule has 0 aliphatic carbocycles. The van der Waals surface area contributed by atoms with E-state index in [1.54, 1.807) is 0 Å². The highest BCUT2D eigenvalue weighted by molar-refractivity contribution is 5.56. The van der Waals surface area contributed by atoms with Crippen LogP contribution < -0.4 is 16.6 Å². The standard InChI is InChI=1S/C13H24N6/c1-9(19-6-4-5-7-19)8-15-12-10(2)13(18-14)17-11(3)16-12/h9H,4-8,14H2,1-3H3,(H2,15,16,17,18). The van der Waals surface area contributed by atoms with Crippen LogP contribution in [0.3, 0.4) is 0 Å². The molecule has 1 aromatic rings. The highest BCUT2D eigenvalue weighted by Gasteiger charge is 2.18. The largest absolute Gasteiger partial charge is 0.368 e. The van der Waals surface area contributed by atoms with Gasteiger partial charge in [-0.3, -0.25) is 4.90 Å². The number of nitrogens with zero attached hydrogens (tertiary/aromatic N) is 3. The summed E-state index contributed by atoms with van der Waals surface area (Å²) in [6, 6.07) is 0.520. The second-order valence-electron chi connectivity index (χ2n) is 5.21. The lowest BCUT2D eigenvalue weighted by molar-refractivity contribution is 0.269. The second kappa shape index (κ2) is 6.16. The van der Waals surface area contributed by atoms with Gasteiger partial charge in [0.1, 0.15) is 17.5 Å². The molecule has 106 valence electrons. The van der Waals surface area contributed by atoms with E-state index in [1.807, 2.05) is 13.8 Å². The van der Waals surface area contributed by atoms with E-state index >= 15 is 0 Å². The second-order valence-corrected chi connectivity index (χ2v) is 5.21. The van der Waals surface area contributed by atoms with E-state index < -0.39 is 0 Å². The number of likely N-dealkylation sites (tertiary alicyclic amines) is 1. The Hall–Kier alpha value is -1.40. The first kappa shape index (κ1) is 14.0. The average Bonchev–Trinajstić information content (AvgIpc) is 2.93. The van der Waals surface area contributed by atoms with Crippen molar-refractivity contribution in [3.63, 3.8) is 0 Å². The zero-order valence-corrected chi connectivity index (χ0v) is 12.0. The number of hydrazine groups is 1. The van der Waals surface area contributed by atoms with Crippen molar-refractivity contribution in [2.45, 2.75) is 39.7 Å². The molecule has 6 nitrogen and oxygen atoms in total. The van der Waals surface area contributed by atoms with Gasteiger partial charge in [-0.2, -0.15) is 0 Å². The number of rotatable bonds is 5. The Morgan fingerprint density at radius 3 is 2.47 bits per heavy atom. The Morgan fingerprint density at radius 2 is 1.84 bits per heavy atom. The molecule has 2 rings (SSSR count). The minimum absolute atomic E-state index is 0.520. The van der Waals surface area contributed by atoms with Gasteiger partial charge in [0, 0.05) is 18.2 Å². The van der Waals surface area contributed by atoms with E-state index in [9.17, 15) is 0 Å². The topological polar surface area (TPSA) is 79.1 Å². The first-order valence-electron chi connectivity index (χ1n) is 6.91. The molecule has 1 aromatic heterocycles. The van der Waals surface area contributed by atoms with Gasteiger partial charge >= 0.3 is 0 Å². The Balaban J connectivity index is 2.00. The molecule has 1 fully saturated rings. The lowest BCUT2D eigenvalue weighted by atomic mass is 10.2. The van der Waals surface area contributed by atoms with Gasteiger partial charge in [0.05, 0.1) is 0 Å². The van der Waals surface area contributed by atoms with E-state index in [-0.39, 0.29) is 0 Å². The Labute approximate surface area is 114 Å². The van der Waals surface area contributed by atoms with Crippen LogP contribution in [-0.4, -0.2) is 40.5 Å². The zero-order chi connectivity index (χ0) is 13.8. The molecule has 1 atom stereocenters. The summed E-state index contributed by atoms with van der Waals surface area (Å²) >= 11 is 0. The van der Waals surface area contributed by atoms with E-state index in [0.29, 0.717) is 11.9 Å². The lowest BCUT2D eigenvalue weighted by Crippen LogP contribution is -2.35. The van der Waals surface area contributed by atoms with Crippen molar-refractivity contribution in [2.24, 2.45) is 5.84 Å². The number of aromatic nitrogens is 2. The van der Waals surface area contributed by atoms with Crippen LogP contribution >= 0.6 is 0 Å². The van der Waals surface area contributed by atoms with Crippen molar-refractivity contribution >= 4 is 11.6 Å². The molecule has 1 aliphatic rings. The maximum Gasteiger partial charge on any atom is 0.148 e. The predicted molar refractivity (Wildman–Crippen MR) is 78.1 cm³/mol. The van der Waals surface area contributed by atoms with Crippen LogP contribution in [0.5, 0.6) is 0 Å². The summed E-state index contributed by atoms with van der Waals surface area (Å²) in [5.41, 5.74) is 3.58. The fourth-order valence-corrected chi connectivity index (χ4v) is 2.50. The van der Waals surface area contributed by atoms with Crippen molar-refractivity contribution < 1.29 is 0 Å². The third-order valence-electron chi connectivity index (χ3n) is 3.72. The maximum absolute atomic E-state index is 5.47. The third kappa shape index (κ3) is 3.33. The fraction of sp³-hybridized carbons (Fsp3) is 0.692. The van der Waals surface area contributed by atoms with Crippen LogP contribution in [0.4, 0.5) is 11.6 Å². The number of hydrogen-bond donors (Lipinski definition) is 3. The summed E-state index contributed by atoms with van der Waals surface area (Å²) in [6.07, 6.45) is 2.63. The van der Waals surface area contributed by atoms with Gasteiger partial charge in [-0.15, -0.1) is 0 Å². The Bertz CT molecular complexity index is 427. The molecule has 0 bridgehead atoms. The average molecular weight is 264 g/mol. The van der Waals surface area contributed by atoms with Gasteiger partial charge in [-0.1, -0.05) is 0 Å². The molecule has 0 radical (unpaired) electrons. The summed E-state index contributed by atoms with van der Waals surface area (Å²) in [6.45, 7) is 9.40. The molecule has 0 spiro atoms. The van der Waals surface area contributed by atoms with Crippen molar-refractivity contribution in [3.8, 4) is 0 Å². The normalized spacial score (nSPS) is 17.5. The number of nitrogen functional groups attached to an aromatic ring is 1. The summed E-state index contributed by atoms with van der Waals surface area (Å²) < 4.78 is 0. The number of hydrogen-bond acceptors (Lipinski definition) is 6. The van der Waals surface area contributed by atoms with Crippen molar-refractivity contribution in [3.05, 3.63) is 11.4 Å². The van der Waals surface area contributed by atoms with Crippen LogP contribution in [0, 0.1) is 13.8 Å². The Kier molecular flexibility index (Phi) is 4.55. The summed E-state index contributed by atoms with van der Waals surface area (Å²) in [5.74, 6) is 7.74. The van der Waals surface area contributed by atoms with Gasteiger partial charge in [-0.05, 0) is 46.7 Å². The highest BCUT2D eigenvalue weighted by Crippen LogP contribution is 2.19. The van der Waals surface area contributed by atoms with Crippen LogP contribution in [-0.2, 0) is 0 Å². The van der Waals surface area contributed by atoms with E-state index in [0.717, 1.165) is 23.8 Å². The van der Waals surface area contributed by atoms with Crippen LogP contribution in [0.1, 0.15) is 31.2 Å². The molecular weight excluding hydrogens is 240 g/mol. The third-order valence-corrected chi connectivity index (χ3v) is 3.72. The first-order valence-corrected chi connectivity index (χ1v) is 6.91.